The average Bonchev–Trinajstić information content (AvgIpc) is 2.62. The van der Waals surface area contributed by atoms with Crippen LogP contribution in [-0.4, -0.2) is 22.8 Å². The molecule has 2 N–H and O–H groups in total. The highest BCUT2D eigenvalue weighted by molar-refractivity contribution is 6.06. The van der Waals surface area contributed by atoms with Crippen LogP contribution in [0.25, 0.3) is 0 Å². The maximum atomic E-state index is 12.5. The van der Waals surface area contributed by atoms with Gasteiger partial charge in [-0.25, -0.2) is 0 Å². The van der Waals surface area contributed by atoms with E-state index in [-0.39, 0.29) is 17.9 Å². The normalized spacial score (nSPS) is 11.6. The van der Waals surface area contributed by atoms with E-state index in [4.69, 9.17) is 0 Å². The Hall–Kier alpha value is -2.69. The third-order valence-corrected chi connectivity index (χ3v) is 3.90. The summed E-state index contributed by atoms with van der Waals surface area (Å²) >= 11 is 0. The number of anilines is 1. The molecule has 2 aromatic rings. The molecule has 0 saturated heterocycles. The molecule has 1 aromatic heterocycles. The quantitative estimate of drug-likeness (QED) is 0.855. The molecule has 1 heterocycles. The average molecular weight is 325 g/mol. The van der Waals surface area contributed by atoms with Gasteiger partial charge in [0.1, 0.15) is 0 Å². The molecule has 0 aliphatic heterocycles. The number of para-hydroxylation sites is 1. The van der Waals surface area contributed by atoms with Gasteiger partial charge in [-0.2, -0.15) is 0 Å². The van der Waals surface area contributed by atoms with Crippen LogP contribution in [0.3, 0.4) is 0 Å². The number of benzene rings is 1. The van der Waals surface area contributed by atoms with Crippen LogP contribution >= 0.6 is 0 Å². The number of pyridine rings is 1. The monoisotopic (exact) mass is 325 g/mol. The van der Waals surface area contributed by atoms with Gasteiger partial charge in [-0.05, 0) is 37.5 Å². The van der Waals surface area contributed by atoms with Gasteiger partial charge < -0.3 is 10.6 Å². The van der Waals surface area contributed by atoms with E-state index in [0.29, 0.717) is 11.1 Å². The van der Waals surface area contributed by atoms with Gasteiger partial charge in [0.2, 0.25) is 0 Å². The fraction of sp³-hybridized carbons (Fsp3) is 0.316. The highest BCUT2D eigenvalue weighted by Gasteiger charge is 2.13. The molecule has 1 unspecified atom stereocenters. The molecule has 5 nitrogen and oxygen atoms in total. The van der Waals surface area contributed by atoms with Crippen molar-refractivity contribution in [3.63, 3.8) is 0 Å². The molecule has 0 bridgehead atoms. The lowest BCUT2D eigenvalue weighted by Crippen LogP contribution is -2.32. The standard InChI is InChI=1S/C19H23N3O2/c1-4-13(3)21-18(23)15-10-16(12-20-11-15)19(24)22-17-9-7-6-8-14(17)5-2/h6-13H,4-5H2,1-3H3,(H,21,23)(H,22,24). The summed E-state index contributed by atoms with van der Waals surface area (Å²) in [6.45, 7) is 5.97. The summed E-state index contributed by atoms with van der Waals surface area (Å²) in [4.78, 5) is 28.6. The van der Waals surface area contributed by atoms with Crippen LogP contribution < -0.4 is 10.6 Å². The Morgan fingerprint density at radius 1 is 1.08 bits per heavy atom. The third kappa shape index (κ3) is 4.41. The van der Waals surface area contributed by atoms with Crippen LogP contribution in [0.4, 0.5) is 5.69 Å². The predicted molar refractivity (Wildman–Crippen MR) is 95.2 cm³/mol. The van der Waals surface area contributed by atoms with Crippen molar-refractivity contribution in [2.75, 3.05) is 5.32 Å². The summed E-state index contributed by atoms with van der Waals surface area (Å²) in [5.74, 6) is -0.498. The molecule has 0 aliphatic rings. The number of rotatable bonds is 6. The van der Waals surface area contributed by atoms with E-state index in [1.807, 2.05) is 45.0 Å². The number of carbonyl (C=O) groups excluding carboxylic acids is 2. The molecule has 5 heteroatoms. The highest BCUT2D eigenvalue weighted by atomic mass is 16.2. The van der Waals surface area contributed by atoms with Crippen molar-refractivity contribution in [1.29, 1.82) is 0 Å². The number of hydrogen-bond donors (Lipinski definition) is 2. The molecule has 2 amide bonds. The van der Waals surface area contributed by atoms with Gasteiger partial charge in [0.15, 0.2) is 0 Å². The lowest BCUT2D eigenvalue weighted by molar-refractivity contribution is 0.0939. The molecule has 0 radical (unpaired) electrons. The molecule has 0 aliphatic carbocycles. The largest absolute Gasteiger partial charge is 0.350 e. The second-order valence-electron chi connectivity index (χ2n) is 5.71. The topological polar surface area (TPSA) is 71.1 Å². The van der Waals surface area contributed by atoms with Crippen molar-refractivity contribution in [2.24, 2.45) is 0 Å². The number of carbonyl (C=O) groups is 2. The maximum Gasteiger partial charge on any atom is 0.257 e. The van der Waals surface area contributed by atoms with Gasteiger partial charge in [0.25, 0.3) is 11.8 Å². The minimum Gasteiger partial charge on any atom is -0.350 e. The smallest absolute Gasteiger partial charge is 0.257 e. The highest BCUT2D eigenvalue weighted by Crippen LogP contribution is 2.16. The van der Waals surface area contributed by atoms with Crippen molar-refractivity contribution in [2.45, 2.75) is 39.7 Å². The molecule has 0 saturated carbocycles. The number of aryl methyl sites for hydroxylation is 1. The summed E-state index contributed by atoms with van der Waals surface area (Å²) in [5.41, 5.74) is 2.58. The fourth-order valence-corrected chi connectivity index (χ4v) is 2.24. The van der Waals surface area contributed by atoms with E-state index in [0.717, 1.165) is 24.1 Å². The lowest BCUT2D eigenvalue weighted by Gasteiger charge is -2.12. The van der Waals surface area contributed by atoms with E-state index in [9.17, 15) is 9.59 Å². The molecule has 2 rings (SSSR count). The lowest BCUT2D eigenvalue weighted by atomic mass is 10.1. The van der Waals surface area contributed by atoms with Crippen molar-refractivity contribution >= 4 is 17.5 Å². The number of nitrogens with one attached hydrogen (secondary N) is 2. The minimum absolute atomic E-state index is 0.0754. The fourth-order valence-electron chi connectivity index (χ4n) is 2.24. The zero-order chi connectivity index (χ0) is 17.5. The molecule has 0 fully saturated rings. The Morgan fingerprint density at radius 2 is 1.75 bits per heavy atom. The number of amides is 2. The van der Waals surface area contributed by atoms with Crippen LogP contribution in [0.1, 0.15) is 53.5 Å². The van der Waals surface area contributed by atoms with Gasteiger partial charge in [-0.1, -0.05) is 32.0 Å². The van der Waals surface area contributed by atoms with Gasteiger partial charge in [0, 0.05) is 24.1 Å². The van der Waals surface area contributed by atoms with Crippen LogP contribution in [0.5, 0.6) is 0 Å². The van der Waals surface area contributed by atoms with Gasteiger partial charge in [-0.3, -0.25) is 14.6 Å². The Labute approximate surface area is 142 Å². The van der Waals surface area contributed by atoms with Crippen LogP contribution in [0.15, 0.2) is 42.7 Å². The molecular formula is C19H23N3O2. The van der Waals surface area contributed by atoms with E-state index in [1.165, 1.54) is 12.4 Å². The molecule has 126 valence electrons. The summed E-state index contributed by atoms with van der Waals surface area (Å²) in [5, 5.41) is 5.75. The zero-order valence-electron chi connectivity index (χ0n) is 14.3. The first-order valence-corrected chi connectivity index (χ1v) is 8.20. The predicted octanol–water partition coefficient (Wildman–Crippen LogP) is 3.42. The Balaban J connectivity index is 2.16. The van der Waals surface area contributed by atoms with E-state index >= 15 is 0 Å². The second-order valence-corrected chi connectivity index (χ2v) is 5.71. The summed E-state index contributed by atoms with van der Waals surface area (Å²) in [6, 6.07) is 9.30. The molecule has 1 aromatic carbocycles. The van der Waals surface area contributed by atoms with Crippen molar-refractivity contribution < 1.29 is 9.59 Å². The van der Waals surface area contributed by atoms with Crippen molar-refractivity contribution in [3.05, 3.63) is 59.4 Å². The first-order chi connectivity index (χ1) is 11.5. The third-order valence-electron chi connectivity index (χ3n) is 3.90. The van der Waals surface area contributed by atoms with E-state index in [1.54, 1.807) is 6.07 Å². The molecule has 24 heavy (non-hydrogen) atoms. The summed E-state index contributed by atoms with van der Waals surface area (Å²) in [6.07, 6.45) is 4.59. The summed E-state index contributed by atoms with van der Waals surface area (Å²) < 4.78 is 0. The maximum absolute atomic E-state index is 12.5. The Bertz CT molecular complexity index is 728. The Morgan fingerprint density at radius 3 is 2.42 bits per heavy atom. The van der Waals surface area contributed by atoms with Crippen LogP contribution in [0.2, 0.25) is 0 Å². The SMILES string of the molecule is CCc1ccccc1NC(=O)c1cncc(C(=O)NC(C)CC)c1. The number of nitrogens with zero attached hydrogens (tertiary/aromatic N) is 1. The van der Waals surface area contributed by atoms with E-state index in [2.05, 4.69) is 15.6 Å². The Kier molecular flexibility index (Phi) is 6.07. The van der Waals surface area contributed by atoms with Crippen LogP contribution in [0, 0.1) is 0 Å². The van der Waals surface area contributed by atoms with Crippen LogP contribution in [-0.2, 0) is 6.42 Å². The molecule has 1 atom stereocenters. The van der Waals surface area contributed by atoms with E-state index < -0.39 is 0 Å². The number of aromatic nitrogens is 1. The minimum atomic E-state index is -0.276. The zero-order valence-corrected chi connectivity index (χ0v) is 14.3. The van der Waals surface area contributed by atoms with Crippen molar-refractivity contribution in [1.82, 2.24) is 10.3 Å². The van der Waals surface area contributed by atoms with Gasteiger partial charge in [-0.15, -0.1) is 0 Å². The first kappa shape index (κ1) is 17.7. The summed E-state index contributed by atoms with van der Waals surface area (Å²) in [7, 11) is 0. The molecular weight excluding hydrogens is 302 g/mol. The van der Waals surface area contributed by atoms with Gasteiger partial charge >= 0.3 is 0 Å². The molecule has 0 spiro atoms. The second kappa shape index (κ2) is 8.24. The van der Waals surface area contributed by atoms with Gasteiger partial charge in [0.05, 0.1) is 11.1 Å². The first-order valence-electron chi connectivity index (χ1n) is 8.20. The number of hydrogen-bond acceptors (Lipinski definition) is 3. The van der Waals surface area contributed by atoms with Crippen molar-refractivity contribution in [3.8, 4) is 0 Å².